The summed E-state index contributed by atoms with van der Waals surface area (Å²) in [5.74, 6) is -0.180. The van der Waals surface area contributed by atoms with Crippen LogP contribution in [0.2, 0.25) is 0 Å². The molecule has 2 N–H and O–H groups in total. The van der Waals surface area contributed by atoms with Gasteiger partial charge in [0.1, 0.15) is 11.6 Å². The second kappa shape index (κ2) is 6.39. The van der Waals surface area contributed by atoms with Crippen molar-refractivity contribution in [1.29, 1.82) is 0 Å². The number of aromatic amines is 1. The first-order chi connectivity index (χ1) is 11.1. The highest BCUT2D eigenvalue weighted by Crippen LogP contribution is 2.06. The zero-order valence-electron chi connectivity index (χ0n) is 12.2. The molecule has 1 heterocycles. The monoisotopic (exact) mass is 311 g/mol. The Morgan fingerprint density at radius 2 is 1.87 bits per heavy atom. The molecule has 0 fully saturated rings. The molecule has 0 spiro atoms. The molecule has 0 aliphatic rings. The van der Waals surface area contributed by atoms with Crippen LogP contribution in [-0.4, -0.2) is 22.4 Å². The first-order valence-corrected chi connectivity index (χ1v) is 7.15. The number of carbonyl (C=O) groups is 1. The van der Waals surface area contributed by atoms with Gasteiger partial charge in [0.05, 0.1) is 10.9 Å². The van der Waals surface area contributed by atoms with E-state index in [1.54, 1.807) is 18.2 Å². The summed E-state index contributed by atoms with van der Waals surface area (Å²) in [5.41, 5.74) is 0.804. The summed E-state index contributed by atoms with van der Waals surface area (Å²) in [7, 11) is 0. The molecule has 0 saturated heterocycles. The van der Waals surface area contributed by atoms with Gasteiger partial charge in [-0.05, 0) is 36.4 Å². The molecule has 0 unspecified atom stereocenters. The number of hydrogen-bond acceptors (Lipinski definition) is 3. The number of halogens is 1. The highest BCUT2D eigenvalue weighted by Gasteiger charge is 2.06. The van der Waals surface area contributed by atoms with E-state index in [-0.39, 0.29) is 17.3 Å². The molecule has 2 aromatic carbocycles. The fourth-order valence-electron chi connectivity index (χ4n) is 2.25. The lowest BCUT2D eigenvalue weighted by Gasteiger charge is -2.06. The number of H-pyrrole nitrogens is 1. The Morgan fingerprint density at radius 3 is 2.65 bits per heavy atom. The van der Waals surface area contributed by atoms with E-state index in [1.165, 1.54) is 24.3 Å². The average Bonchev–Trinajstić information content (AvgIpc) is 2.55. The van der Waals surface area contributed by atoms with Crippen molar-refractivity contribution in [2.75, 3.05) is 6.54 Å². The average molecular weight is 311 g/mol. The van der Waals surface area contributed by atoms with E-state index in [0.717, 1.165) is 0 Å². The van der Waals surface area contributed by atoms with Crippen molar-refractivity contribution in [1.82, 2.24) is 15.3 Å². The molecule has 3 rings (SSSR count). The number of benzene rings is 2. The van der Waals surface area contributed by atoms with Crippen LogP contribution < -0.4 is 10.9 Å². The van der Waals surface area contributed by atoms with Crippen molar-refractivity contribution >= 4 is 16.8 Å². The second-order valence-electron chi connectivity index (χ2n) is 5.04. The maximum atomic E-state index is 12.8. The number of carbonyl (C=O) groups excluding carboxylic acids is 1. The van der Waals surface area contributed by atoms with E-state index >= 15 is 0 Å². The summed E-state index contributed by atoms with van der Waals surface area (Å²) in [4.78, 5) is 30.9. The van der Waals surface area contributed by atoms with E-state index < -0.39 is 0 Å². The third-order valence-corrected chi connectivity index (χ3v) is 3.42. The maximum Gasteiger partial charge on any atom is 0.258 e. The largest absolute Gasteiger partial charge is 0.352 e. The van der Waals surface area contributed by atoms with E-state index in [9.17, 15) is 14.0 Å². The van der Waals surface area contributed by atoms with Gasteiger partial charge in [0.15, 0.2) is 0 Å². The molecule has 0 radical (unpaired) electrons. The predicted octanol–water partition coefficient (Wildman–Crippen LogP) is 2.03. The van der Waals surface area contributed by atoms with Gasteiger partial charge in [0, 0.05) is 18.5 Å². The molecule has 0 saturated carbocycles. The van der Waals surface area contributed by atoms with Crippen molar-refractivity contribution < 1.29 is 9.18 Å². The number of amides is 1. The second-order valence-corrected chi connectivity index (χ2v) is 5.04. The molecule has 3 aromatic rings. The van der Waals surface area contributed by atoms with Gasteiger partial charge in [-0.15, -0.1) is 0 Å². The zero-order chi connectivity index (χ0) is 16.2. The SMILES string of the molecule is O=C(NCCc1nc2ccccc2c(=O)[nH]1)c1ccc(F)cc1. The molecule has 0 aliphatic heterocycles. The lowest BCUT2D eigenvalue weighted by molar-refractivity contribution is 0.0954. The summed E-state index contributed by atoms with van der Waals surface area (Å²) in [5, 5.41) is 3.24. The summed E-state index contributed by atoms with van der Waals surface area (Å²) in [6.07, 6.45) is 0.396. The number of fused-ring (bicyclic) bond motifs is 1. The van der Waals surface area contributed by atoms with Gasteiger partial charge in [-0.25, -0.2) is 9.37 Å². The molecule has 1 aromatic heterocycles. The Hall–Kier alpha value is -3.02. The minimum Gasteiger partial charge on any atom is -0.352 e. The maximum absolute atomic E-state index is 12.8. The van der Waals surface area contributed by atoms with E-state index in [0.29, 0.717) is 35.3 Å². The van der Waals surface area contributed by atoms with Crippen LogP contribution in [0, 0.1) is 5.82 Å². The molecule has 1 amide bonds. The molecule has 0 atom stereocenters. The number of rotatable bonds is 4. The van der Waals surface area contributed by atoms with E-state index in [4.69, 9.17) is 0 Å². The fraction of sp³-hybridized carbons (Fsp3) is 0.118. The highest BCUT2D eigenvalue weighted by molar-refractivity contribution is 5.94. The lowest BCUT2D eigenvalue weighted by atomic mass is 10.2. The van der Waals surface area contributed by atoms with Gasteiger partial charge in [0.25, 0.3) is 11.5 Å². The van der Waals surface area contributed by atoms with Crippen molar-refractivity contribution in [3.05, 3.63) is 76.1 Å². The summed E-state index contributed by atoms with van der Waals surface area (Å²) >= 11 is 0. The Labute approximate surface area is 131 Å². The van der Waals surface area contributed by atoms with Crippen molar-refractivity contribution in [3.63, 3.8) is 0 Å². The zero-order valence-corrected chi connectivity index (χ0v) is 12.2. The molecule has 0 aliphatic carbocycles. The van der Waals surface area contributed by atoms with Gasteiger partial charge in [-0.1, -0.05) is 12.1 Å². The van der Waals surface area contributed by atoms with Crippen molar-refractivity contribution in [2.24, 2.45) is 0 Å². The third-order valence-electron chi connectivity index (χ3n) is 3.42. The van der Waals surface area contributed by atoms with Gasteiger partial charge in [-0.2, -0.15) is 0 Å². The Balaban J connectivity index is 1.65. The first kappa shape index (κ1) is 14.9. The summed E-state index contributed by atoms with van der Waals surface area (Å²) < 4.78 is 12.8. The molecule has 5 nitrogen and oxygen atoms in total. The van der Waals surface area contributed by atoms with E-state index in [2.05, 4.69) is 15.3 Å². The Kier molecular flexibility index (Phi) is 4.14. The minimum absolute atomic E-state index is 0.199. The number of hydrogen-bond donors (Lipinski definition) is 2. The lowest BCUT2D eigenvalue weighted by Crippen LogP contribution is -2.26. The molecular weight excluding hydrogens is 297 g/mol. The fourth-order valence-corrected chi connectivity index (χ4v) is 2.25. The quantitative estimate of drug-likeness (QED) is 0.774. The van der Waals surface area contributed by atoms with Crippen LogP contribution >= 0.6 is 0 Å². The number of nitrogens with zero attached hydrogens (tertiary/aromatic N) is 1. The third kappa shape index (κ3) is 3.42. The number of nitrogens with one attached hydrogen (secondary N) is 2. The van der Waals surface area contributed by atoms with Gasteiger partial charge in [-0.3, -0.25) is 9.59 Å². The molecule has 0 bridgehead atoms. The number of para-hydroxylation sites is 1. The van der Waals surface area contributed by atoms with Gasteiger partial charge >= 0.3 is 0 Å². The van der Waals surface area contributed by atoms with Crippen LogP contribution in [0.15, 0.2) is 53.3 Å². The van der Waals surface area contributed by atoms with Crippen molar-refractivity contribution in [2.45, 2.75) is 6.42 Å². The van der Waals surface area contributed by atoms with Crippen LogP contribution in [0.3, 0.4) is 0 Å². The van der Waals surface area contributed by atoms with Crippen LogP contribution in [0.1, 0.15) is 16.2 Å². The first-order valence-electron chi connectivity index (χ1n) is 7.15. The normalized spacial score (nSPS) is 10.7. The predicted molar refractivity (Wildman–Crippen MR) is 84.8 cm³/mol. The number of aromatic nitrogens is 2. The minimum atomic E-state index is -0.389. The highest BCUT2D eigenvalue weighted by atomic mass is 19.1. The van der Waals surface area contributed by atoms with Crippen molar-refractivity contribution in [3.8, 4) is 0 Å². The molecule has 6 heteroatoms. The summed E-state index contributed by atoms with van der Waals surface area (Å²) in [6.45, 7) is 0.317. The summed E-state index contributed by atoms with van der Waals surface area (Å²) in [6, 6.07) is 12.4. The Bertz CT molecular complexity index is 904. The topological polar surface area (TPSA) is 74.8 Å². The van der Waals surface area contributed by atoms with Crippen LogP contribution in [0.4, 0.5) is 4.39 Å². The standard InChI is InChI=1S/C17H14FN3O2/c18-12-7-5-11(6-8-12)16(22)19-10-9-15-20-14-4-2-1-3-13(14)17(23)21-15/h1-8H,9-10H2,(H,19,22)(H,20,21,23). The van der Waals surface area contributed by atoms with Gasteiger partial charge < -0.3 is 10.3 Å². The molecule has 23 heavy (non-hydrogen) atoms. The van der Waals surface area contributed by atoms with Crippen LogP contribution in [-0.2, 0) is 6.42 Å². The van der Waals surface area contributed by atoms with Gasteiger partial charge in [0.2, 0.25) is 0 Å². The van der Waals surface area contributed by atoms with Crippen LogP contribution in [0.25, 0.3) is 10.9 Å². The van der Waals surface area contributed by atoms with Crippen LogP contribution in [0.5, 0.6) is 0 Å². The molecule has 116 valence electrons. The molecular formula is C17H14FN3O2. The Morgan fingerprint density at radius 1 is 1.13 bits per heavy atom. The smallest absolute Gasteiger partial charge is 0.258 e. The van der Waals surface area contributed by atoms with E-state index in [1.807, 2.05) is 6.07 Å².